The number of aliphatic imine (C=N–C) groups is 1. The van der Waals surface area contributed by atoms with Gasteiger partial charge in [0.05, 0.1) is 34.7 Å². The van der Waals surface area contributed by atoms with Gasteiger partial charge in [0, 0.05) is 6.42 Å². The highest BCUT2D eigenvalue weighted by Crippen LogP contribution is 2.18. The molecule has 34 heavy (non-hydrogen) atoms. The third kappa shape index (κ3) is 18.9. The Labute approximate surface area is 209 Å². The van der Waals surface area contributed by atoms with E-state index >= 15 is 0 Å². The van der Waals surface area contributed by atoms with Gasteiger partial charge in [-0.15, -0.1) is 0 Å². The van der Waals surface area contributed by atoms with Crippen molar-refractivity contribution < 1.29 is 28.8 Å². The third-order valence-electron chi connectivity index (χ3n) is 6.36. The second-order valence-corrected chi connectivity index (χ2v) is 11.2. The Morgan fingerprint density at radius 2 is 1.24 bits per heavy atom. The first kappa shape index (κ1) is 32.5. The van der Waals surface area contributed by atoms with E-state index in [9.17, 15) is 9.59 Å². The normalized spacial score (nSPS) is 17.7. The quantitative estimate of drug-likeness (QED) is 0.185. The lowest BCUT2D eigenvalue weighted by atomic mass is 10.0. The fraction of sp³-hybridized carbons (Fsp3) is 0.889. The Hall–Kier alpha value is -1.47. The van der Waals surface area contributed by atoms with Crippen LogP contribution in [0, 0.1) is 0 Å². The molecule has 0 saturated carbocycles. The average Bonchev–Trinajstić information content (AvgIpc) is 3.06. The van der Waals surface area contributed by atoms with Crippen LogP contribution in [-0.2, 0) is 9.59 Å². The number of carboxylic acids is 2. The highest BCUT2D eigenvalue weighted by Gasteiger charge is 2.35. The number of carboxylic acid groups (broad SMARTS) is 2. The molecule has 2 N–H and O–H groups in total. The maximum atomic E-state index is 11.0. The van der Waals surface area contributed by atoms with Crippen molar-refractivity contribution in [3.63, 3.8) is 0 Å². The molecule has 1 aliphatic rings. The van der Waals surface area contributed by atoms with Gasteiger partial charge in [-0.3, -0.25) is 4.48 Å². The monoisotopic (exact) mass is 485 g/mol. The van der Waals surface area contributed by atoms with Crippen LogP contribution < -0.4 is 0 Å². The lowest BCUT2D eigenvalue weighted by molar-refractivity contribution is -0.862. The molecular formula is C27H55N3O4+2. The molecule has 7 nitrogen and oxygen atoms in total. The maximum Gasteiger partial charge on any atom is 0.359 e. The molecule has 0 fully saturated rings. The minimum absolute atomic E-state index is 0.178. The number of nitrogens with zero attached hydrogens (tertiary/aromatic N) is 3. The lowest BCUT2D eigenvalue weighted by Crippen LogP contribution is -2.50. The van der Waals surface area contributed by atoms with Crippen molar-refractivity contribution in [3.8, 4) is 0 Å². The van der Waals surface area contributed by atoms with E-state index in [1.165, 1.54) is 83.5 Å². The summed E-state index contributed by atoms with van der Waals surface area (Å²) in [5.74, 6) is -0.369. The molecule has 0 aromatic heterocycles. The fourth-order valence-corrected chi connectivity index (χ4v) is 4.40. The highest BCUT2D eigenvalue weighted by atomic mass is 16.4. The van der Waals surface area contributed by atoms with Gasteiger partial charge in [0.15, 0.2) is 18.9 Å². The van der Waals surface area contributed by atoms with Crippen LogP contribution in [0.15, 0.2) is 4.99 Å². The molecule has 0 bridgehead atoms. The number of hydrogen-bond donors (Lipinski definition) is 2. The summed E-state index contributed by atoms with van der Waals surface area (Å²) in [5, 5.41) is 17.3. The van der Waals surface area contributed by atoms with Crippen LogP contribution in [0.3, 0.4) is 0 Å². The molecule has 1 atom stereocenters. The van der Waals surface area contributed by atoms with E-state index in [0.29, 0.717) is 8.97 Å². The number of quaternary nitrogens is 2. The summed E-state index contributed by atoms with van der Waals surface area (Å²) in [4.78, 5) is 25.6. The van der Waals surface area contributed by atoms with E-state index in [2.05, 4.69) is 11.9 Å². The van der Waals surface area contributed by atoms with E-state index in [-0.39, 0.29) is 13.1 Å². The summed E-state index contributed by atoms with van der Waals surface area (Å²) in [6.45, 7) is 4.27. The fourth-order valence-electron chi connectivity index (χ4n) is 4.40. The predicted octanol–water partition coefficient (Wildman–Crippen LogP) is 5.58. The molecule has 0 spiro atoms. The molecule has 1 unspecified atom stereocenters. The van der Waals surface area contributed by atoms with E-state index in [0.717, 1.165) is 31.8 Å². The first-order chi connectivity index (χ1) is 16.0. The van der Waals surface area contributed by atoms with Gasteiger partial charge in [-0.25, -0.2) is 14.6 Å². The molecular weight excluding hydrogens is 430 g/mol. The van der Waals surface area contributed by atoms with Gasteiger partial charge in [0.2, 0.25) is 0 Å². The van der Waals surface area contributed by atoms with Crippen LogP contribution in [0.4, 0.5) is 0 Å². The van der Waals surface area contributed by atoms with Gasteiger partial charge in [-0.1, -0.05) is 90.4 Å². The van der Waals surface area contributed by atoms with Gasteiger partial charge in [-0.05, 0) is 6.42 Å². The van der Waals surface area contributed by atoms with Crippen LogP contribution in [0.5, 0.6) is 0 Å². The first-order valence-electron chi connectivity index (χ1n) is 13.6. The number of unbranched alkanes of at least 4 members (excludes halogenated alkanes) is 13. The van der Waals surface area contributed by atoms with Crippen LogP contribution in [0.2, 0.25) is 0 Å². The van der Waals surface area contributed by atoms with Crippen molar-refractivity contribution >= 4 is 17.8 Å². The van der Waals surface area contributed by atoms with Crippen molar-refractivity contribution in [3.05, 3.63) is 0 Å². The molecule has 7 heteroatoms. The number of likely N-dealkylation sites (N-methyl/N-ethyl adjacent to an activating group) is 2. The standard InChI is InChI=1S/C22H42N2O2.C5H11NO2/c1-3-4-5-6-7-8-9-10-11-12-13-14-15-16-17-21-23-18-19-24(21,2)20-22(25)26;1-6(2,3)4-5(7)8/h3-20H2,1-2H3;4H2,1-3H3/p+2. The Morgan fingerprint density at radius 3 is 1.59 bits per heavy atom. The molecule has 0 saturated heterocycles. The molecule has 200 valence electrons. The van der Waals surface area contributed by atoms with Gasteiger partial charge >= 0.3 is 11.9 Å². The van der Waals surface area contributed by atoms with Crippen molar-refractivity contribution in [2.45, 2.75) is 103 Å². The molecule has 1 rings (SSSR count). The lowest BCUT2D eigenvalue weighted by Gasteiger charge is -2.28. The second-order valence-electron chi connectivity index (χ2n) is 11.2. The highest BCUT2D eigenvalue weighted by molar-refractivity contribution is 5.79. The van der Waals surface area contributed by atoms with Gasteiger partial charge in [-0.2, -0.15) is 0 Å². The molecule has 0 radical (unpaired) electrons. The van der Waals surface area contributed by atoms with E-state index in [1.54, 1.807) is 0 Å². The zero-order valence-corrected chi connectivity index (χ0v) is 23.0. The number of rotatable bonds is 19. The van der Waals surface area contributed by atoms with Crippen molar-refractivity contribution in [2.75, 3.05) is 54.4 Å². The Kier molecular flexibility index (Phi) is 18.0. The summed E-state index contributed by atoms with van der Waals surface area (Å²) in [6.07, 6.45) is 20.1. The van der Waals surface area contributed by atoms with Gasteiger partial charge < -0.3 is 14.7 Å². The third-order valence-corrected chi connectivity index (χ3v) is 6.36. The van der Waals surface area contributed by atoms with Crippen molar-refractivity contribution in [2.24, 2.45) is 4.99 Å². The molecule has 0 aromatic rings. The number of hydrogen-bond acceptors (Lipinski definition) is 3. The van der Waals surface area contributed by atoms with E-state index in [1.807, 2.05) is 28.2 Å². The Morgan fingerprint density at radius 1 is 0.794 bits per heavy atom. The molecule has 1 heterocycles. The Balaban J connectivity index is 0.00000116. The smallest absolute Gasteiger partial charge is 0.359 e. The molecule has 0 amide bonds. The summed E-state index contributed by atoms with van der Waals surface area (Å²) in [5.41, 5.74) is 0. The van der Waals surface area contributed by atoms with Crippen LogP contribution >= 0.6 is 0 Å². The second kappa shape index (κ2) is 18.8. The minimum atomic E-state index is -0.752. The Bertz CT molecular complexity index is 587. The topological polar surface area (TPSA) is 87.0 Å². The summed E-state index contributed by atoms with van der Waals surface area (Å²) in [7, 11) is 7.54. The molecule has 0 aromatic carbocycles. The minimum Gasteiger partial charge on any atom is -0.477 e. The average molecular weight is 486 g/mol. The number of amidine groups is 1. The first-order valence-corrected chi connectivity index (χ1v) is 13.6. The van der Waals surface area contributed by atoms with Crippen LogP contribution in [0.25, 0.3) is 0 Å². The summed E-state index contributed by atoms with van der Waals surface area (Å²) in [6, 6.07) is 0. The van der Waals surface area contributed by atoms with Crippen molar-refractivity contribution in [1.29, 1.82) is 0 Å². The largest absolute Gasteiger partial charge is 0.477 e. The molecule has 1 aliphatic heterocycles. The molecule has 0 aliphatic carbocycles. The summed E-state index contributed by atoms with van der Waals surface area (Å²) < 4.78 is 1.00. The van der Waals surface area contributed by atoms with Crippen LogP contribution in [0.1, 0.15) is 103 Å². The maximum absolute atomic E-state index is 11.0. The number of aliphatic carboxylic acids is 2. The number of carbonyl (C=O) groups is 2. The SMILES string of the molecule is CCCCCCCCCCCCCCCCC1=NCC[N+]1(C)CC(=O)O.C[N+](C)(C)CC(=O)O. The van der Waals surface area contributed by atoms with Gasteiger partial charge in [0.25, 0.3) is 0 Å². The van der Waals surface area contributed by atoms with E-state index < -0.39 is 11.9 Å². The van der Waals surface area contributed by atoms with E-state index in [4.69, 9.17) is 10.2 Å². The zero-order valence-electron chi connectivity index (χ0n) is 23.0. The predicted molar refractivity (Wildman–Crippen MR) is 141 cm³/mol. The van der Waals surface area contributed by atoms with Crippen molar-refractivity contribution in [1.82, 2.24) is 0 Å². The van der Waals surface area contributed by atoms with Crippen LogP contribution in [-0.4, -0.2) is 91.3 Å². The zero-order chi connectivity index (χ0) is 25.9. The van der Waals surface area contributed by atoms with Gasteiger partial charge in [0.1, 0.15) is 6.54 Å². The summed E-state index contributed by atoms with van der Waals surface area (Å²) >= 11 is 0.